The van der Waals surface area contributed by atoms with Crippen LogP contribution in [0.5, 0.6) is 0 Å². The molecule has 6 N–H and O–H groups in total. The van der Waals surface area contributed by atoms with E-state index in [1.165, 1.54) is 7.05 Å². The van der Waals surface area contributed by atoms with Crippen molar-refractivity contribution in [3.8, 4) is 0 Å². The molecular weight excluding hydrogens is 162 g/mol. The van der Waals surface area contributed by atoms with Crippen LogP contribution in [0.3, 0.4) is 0 Å². The molecule has 0 aliphatic carbocycles. The molecule has 0 heterocycles. The van der Waals surface area contributed by atoms with Crippen LogP contribution < -0.4 is 22.4 Å². The summed E-state index contributed by atoms with van der Waals surface area (Å²) in [6, 6.07) is 0. The fraction of sp³-hybridized carbons (Fsp3) is 0.600. The molecule has 0 radical (unpaired) electrons. The van der Waals surface area contributed by atoms with E-state index < -0.39 is 6.09 Å². The van der Waals surface area contributed by atoms with E-state index in [1.807, 2.05) is 5.53 Å². The van der Waals surface area contributed by atoms with Crippen molar-refractivity contribution >= 4 is 11.9 Å². The standard InChI is InChI=1S/C5H13N5O2.2H2/c1-8-5(11)12-3-2-4(6)9-10-7;;/h10H,2-3,7H2,1H3,(H2,6,9)(H,8,11);2*1H. The highest BCUT2D eigenvalue weighted by Gasteiger charge is 1.98. The maximum absolute atomic E-state index is 10.5. The van der Waals surface area contributed by atoms with Crippen molar-refractivity contribution in [3.05, 3.63) is 0 Å². The normalized spacial score (nSPS) is 10.7. The average Bonchev–Trinajstić information content (AvgIpc) is 2.04. The predicted octanol–water partition coefficient (Wildman–Crippen LogP) is -1.04. The first kappa shape index (κ1) is 10.5. The number of carbonyl (C=O) groups excluding carboxylic acids is 1. The lowest BCUT2D eigenvalue weighted by molar-refractivity contribution is 0.151. The van der Waals surface area contributed by atoms with Crippen molar-refractivity contribution in [2.24, 2.45) is 16.7 Å². The summed E-state index contributed by atoms with van der Waals surface area (Å²) in [4.78, 5) is 10.5. The Bertz CT molecular complexity index is 178. The number of nitrogens with one attached hydrogen (secondary N) is 2. The van der Waals surface area contributed by atoms with Gasteiger partial charge in [-0.25, -0.2) is 16.2 Å². The molecule has 0 aromatic rings. The Morgan fingerprint density at radius 3 is 2.92 bits per heavy atom. The summed E-state index contributed by atoms with van der Waals surface area (Å²) in [7, 11) is 1.47. The minimum absolute atomic E-state index is 0. The summed E-state index contributed by atoms with van der Waals surface area (Å²) in [6.45, 7) is 0.177. The summed E-state index contributed by atoms with van der Waals surface area (Å²) < 4.78 is 4.63. The monoisotopic (exact) mass is 179 g/mol. The van der Waals surface area contributed by atoms with Gasteiger partial charge in [0.15, 0.2) is 0 Å². The zero-order valence-electron chi connectivity index (χ0n) is 6.83. The minimum Gasteiger partial charge on any atom is -0.449 e. The third kappa shape index (κ3) is 5.30. The number of rotatable bonds is 4. The van der Waals surface area contributed by atoms with Gasteiger partial charge in [0, 0.05) is 16.3 Å². The molecule has 0 unspecified atom stereocenters. The molecule has 12 heavy (non-hydrogen) atoms. The van der Waals surface area contributed by atoms with Crippen LogP contribution in [-0.2, 0) is 4.74 Å². The van der Waals surface area contributed by atoms with E-state index in [-0.39, 0.29) is 15.3 Å². The number of hydrogen-bond acceptors (Lipinski definition) is 5. The molecule has 0 saturated heterocycles. The van der Waals surface area contributed by atoms with Gasteiger partial charge in [-0.3, -0.25) is 0 Å². The number of nitrogens with zero attached hydrogens (tertiary/aromatic N) is 1. The Balaban J connectivity index is -0.000000605. The van der Waals surface area contributed by atoms with Gasteiger partial charge in [-0.1, -0.05) is 0 Å². The lowest BCUT2D eigenvalue weighted by Gasteiger charge is -2.02. The smallest absolute Gasteiger partial charge is 0.406 e. The topological polar surface area (TPSA) is 115 Å². The van der Waals surface area contributed by atoms with Crippen molar-refractivity contribution in [1.29, 1.82) is 0 Å². The Hall–Kier alpha value is -1.50. The first-order chi connectivity index (χ1) is 5.70. The minimum atomic E-state index is -0.497. The van der Waals surface area contributed by atoms with Crippen LogP contribution in [0.15, 0.2) is 5.10 Å². The number of ether oxygens (including phenoxy) is 1. The van der Waals surface area contributed by atoms with Gasteiger partial charge >= 0.3 is 6.09 Å². The number of alkyl carbamates (subject to hydrolysis) is 1. The maximum Gasteiger partial charge on any atom is 0.406 e. The van der Waals surface area contributed by atoms with Gasteiger partial charge < -0.3 is 15.8 Å². The zero-order valence-corrected chi connectivity index (χ0v) is 6.83. The van der Waals surface area contributed by atoms with Crippen LogP contribution in [0.1, 0.15) is 9.27 Å². The van der Waals surface area contributed by atoms with E-state index in [2.05, 4.69) is 15.2 Å². The van der Waals surface area contributed by atoms with Crippen LogP contribution in [0.2, 0.25) is 0 Å². The summed E-state index contributed by atoms with van der Waals surface area (Å²) >= 11 is 0. The first-order valence-electron chi connectivity index (χ1n) is 3.33. The lowest BCUT2D eigenvalue weighted by Crippen LogP contribution is -2.25. The van der Waals surface area contributed by atoms with Crippen LogP contribution in [0.4, 0.5) is 4.79 Å². The second kappa shape index (κ2) is 6.23. The van der Waals surface area contributed by atoms with E-state index in [0.29, 0.717) is 6.42 Å². The summed E-state index contributed by atoms with van der Waals surface area (Å²) in [5.74, 6) is 5.13. The number of carbonyl (C=O) groups is 1. The fourth-order valence-corrected chi connectivity index (χ4v) is 0.459. The van der Waals surface area contributed by atoms with Crippen LogP contribution >= 0.6 is 0 Å². The van der Waals surface area contributed by atoms with Crippen LogP contribution in [0, 0.1) is 0 Å². The summed E-state index contributed by atoms with van der Waals surface area (Å²) in [5, 5.41) is 5.75. The second-order valence-corrected chi connectivity index (χ2v) is 1.87. The van der Waals surface area contributed by atoms with E-state index in [1.54, 1.807) is 0 Å². The van der Waals surface area contributed by atoms with Crippen molar-refractivity contribution < 1.29 is 12.4 Å². The number of hydrazone groups is 1. The molecule has 7 nitrogen and oxygen atoms in total. The van der Waals surface area contributed by atoms with Gasteiger partial charge in [-0.05, 0) is 0 Å². The number of hydrazine groups is 1. The molecule has 0 spiro atoms. The number of nitrogens with two attached hydrogens (primary N) is 2. The highest BCUT2D eigenvalue weighted by molar-refractivity contribution is 5.80. The van der Waals surface area contributed by atoms with E-state index in [9.17, 15) is 4.79 Å². The summed E-state index contributed by atoms with van der Waals surface area (Å²) in [5.41, 5.74) is 7.33. The Kier molecular flexibility index (Phi) is 5.45. The average molecular weight is 179 g/mol. The highest BCUT2D eigenvalue weighted by atomic mass is 16.5. The Labute approximate surface area is 73.1 Å². The van der Waals surface area contributed by atoms with Gasteiger partial charge in [0.2, 0.25) is 0 Å². The molecule has 0 fully saturated rings. The van der Waals surface area contributed by atoms with E-state index in [4.69, 9.17) is 11.6 Å². The van der Waals surface area contributed by atoms with Gasteiger partial charge in [0.1, 0.15) is 12.4 Å². The van der Waals surface area contributed by atoms with E-state index >= 15 is 0 Å². The molecule has 0 atom stereocenters. The third-order valence-electron chi connectivity index (χ3n) is 1.00. The molecule has 0 aromatic heterocycles. The molecule has 0 saturated carbocycles. The first-order valence-corrected chi connectivity index (χ1v) is 3.33. The largest absolute Gasteiger partial charge is 0.449 e. The molecule has 0 aliphatic rings. The SMILES string of the molecule is CNC(=O)OCC/C(N)=N/NN.[HH].[HH]. The van der Waals surface area contributed by atoms with Crippen LogP contribution in [-0.4, -0.2) is 25.6 Å². The van der Waals surface area contributed by atoms with Gasteiger partial charge in [-0.2, -0.15) is 5.10 Å². The molecule has 0 bridgehead atoms. The quantitative estimate of drug-likeness (QED) is 0.190. The molecule has 1 amide bonds. The fourth-order valence-electron chi connectivity index (χ4n) is 0.459. The Morgan fingerprint density at radius 2 is 2.42 bits per heavy atom. The number of amidine groups is 1. The highest BCUT2D eigenvalue weighted by Crippen LogP contribution is 1.82. The predicted molar refractivity (Wildman–Crippen MR) is 48.2 cm³/mol. The zero-order chi connectivity index (χ0) is 9.40. The molecule has 7 heteroatoms. The van der Waals surface area contributed by atoms with Crippen molar-refractivity contribution in [2.75, 3.05) is 13.7 Å². The van der Waals surface area contributed by atoms with E-state index in [0.717, 1.165) is 0 Å². The van der Waals surface area contributed by atoms with Gasteiger partial charge in [-0.15, -0.1) is 0 Å². The van der Waals surface area contributed by atoms with Crippen molar-refractivity contribution in [3.63, 3.8) is 0 Å². The molecule has 74 valence electrons. The van der Waals surface area contributed by atoms with Crippen molar-refractivity contribution in [1.82, 2.24) is 10.9 Å². The molecule has 0 aliphatic heterocycles. The third-order valence-corrected chi connectivity index (χ3v) is 1.00. The van der Waals surface area contributed by atoms with Gasteiger partial charge in [0.05, 0.1) is 0 Å². The number of hydrogen-bond donors (Lipinski definition) is 4. The maximum atomic E-state index is 10.5. The lowest BCUT2D eigenvalue weighted by atomic mass is 10.4. The van der Waals surface area contributed by atoms with Gasteiger partial charge in [0.25, 0.3) is 0 Å². The molecule has 0 aromatic carbocycles. The second-order valence-electron chi connectivity index (χ2n) is 1.87. The van der Waals surface area contributed by atoms with Crippen LogP contribution in [0.25, 0.3) is 0 Å². The molecular formula is C5H17N5O2. The number of amides is 1. The van der Waals surface area contributed by atoms with Crippen molar-refractivity contribution in [2.45, 2.75) is 6.42 Å². The Morgan fingerprint density at radius 1 is 1.75 bits per heavy atom. The summed E-state index contributed by atoms with van der Waals surface area (Å²) in [6.07, 6.45) is -0.152. The molecule has 0 rings (SSSR count).